The zero-order valence-corrected chi connectivity index (χ0v) is 17.1. The summed E-state index contributed by atoms with van der Waals surface area (Å²) in [5.74, 6) is -1.27. The number of hydrogen-bond donors (Lipinski definition) is 4. The highest BCUT2D eigenvalue weighted by atomic mass is 16.4. The number of carboxylic acids is 1. The van der Waals surface area contributed by atoms with Gasteiger partial charge in [-0.05, 0) is 31.4 Å². The lowest BCUT2D eigenvalue weighted by Crippen LogP contribution is -2.31. The van der Waals surface area contributed by atoms with Crippen LogP contribution in [0.2, 0.25) is 0 Å². The summed E-state index contributed by atoms with van der Waals surface area (Å²) in [6.45, 7) is 12.2. The number of hydrogen-bond acceptors (Lipinski definition) is 4. The number of carbonyl (C=O) groups excluding carboxylic acids is 1. The van der Waals surface area contributed by atoms with Crippen LogP contribution in [0.15, 0.2) is 18.2 Å². The normalized spacial score (nSPS) is 9.64. The molecule has 0 spiro atoms. The highest BCUT2D eigenvalue weighted by Crippen LogP contribution is 2.17. The molecule has 0 aliphatic carbocycles. The molecule has 0 unspecified atom stereocenters. The molecule has 1 rings (SSSR count). The highest BCUT2D eigenvalue weighted by molar-refractivity contribution is 5.78. The first-order valence-corrected chi connectivity index (χ1v) is 8.76. The second-order valence-electron chi connectivity index (χ2n) is 4.67. The van der Waals surface area contributed by atoms with E-state index in [2.05, 4.69) is 42.7 Å². The summed E-state index contributed by atoms with van der Waals surface area (Å²) in [4.78, 5) is 20.7. The van der Waals surface area contributed by atoms with Gasteiger partial charge in [0.05, 0.1) is 0 Å². The van der Waals surface area contributed by atoms with E-state index in [-0.39, 0.29) is 18.7 Å². The predicted molar refractivity (Wildman–Crippen MR) is 107 cm³/mol. The van der Waals surface area contributed by atoms with Crippen LogP contribution in [0.5, 0.6) is 0 Å². The zero-order chi connectivity index (χ0) is 20.4. The van der Waals surface area contributed by atoms with E-state index in [1.165, 1.54) is 23.9 Å². The lowest BCUT2D eigenvalue weighted by Gasteiger charge is -2.07. The van der Waals surface area contributed by atoms with Gasteiger partial charge >= 0.3 is 5.97 Å². The molecular formula is C19H37N3O3. The smallest absolute Gasteiger partial charge is 0.320 e. The monoisotopic (exact) mass is 355 g/mol. The van der Waals surface area contributed by atoms with Crippen molar-refractivity contribution in [3.05, 3.63) is 29.3 Å². The summed E-state index contributed by atoms with van der Waals surface area (Å²) in [7, 11) is 3.45. The number of benzene rings is 1. The molecule has 6 heteroatoms. The van der Waals surface area contributed by atoms with Crippen LogP contribution in [-0.2, 0) is 9.59 Å². The number of carbonyl (C=O) groups is 2. The number of nitrogens with two attached hydrogens (primary N) is 1. The average Bonchev–Trinajstić information content (AvgIpc) is 2.63. The van der Waals surface area contributed by atoms with Crippen molar-refractivity contribution in [2.24, 2.45) is 5.73 Å². The fourth-order valence-electron chi connectivity index (χ4n) is 1.74. The molecule has 0 radical (unpaired) electrons. The van der Waals surface area contributed by atoms with E-state index in [4.69, 9.17) is 10.8 Å². The minimum atomic E-state index is -1.08. The quantitative estimate of drug-likeness (QED) is 0.648. The molecule has 0 aliphatic rings. The minimum absolute atomic E-state index is 0.157. The van der Waals surface area contributed by atoms with E-state index in [9.17, 15) is 9.59 Å². The van der Waals surface area contributed by atoms with Crippen molar-refractivity contribution in [1.82, 2.24) is 5.32 Å². The predicted octanol–water partition coefficient (Wildman–Crippen LogP) is 3.32. The number of carboxylic acid groups (broad SMARTS) is 1. The van der Waals surface area contributed by atoms with Crippen LogP contribution in [0.1, 0.15) is 51.7 Å². The summed E-state index contributed by atoms with van der Waals surface area (Å²) in [6.07, 6.45) is 0.332. The second-order valence-corrected chi connectivity index (χ2v) is 4.67. The Bertz CT molecular complexity index is 457. The largest absolute Gasteiger partial charge is 0.480 e. The Balaban J connectivity index is -0.000000323. The van der Waals surface area contributed by atoms with E-state index in [1.807, 2.05) is 34.7 Å². The number of aliphatic carboxylic acids is 1. The molecule has 0 saturated heterocycles. The first kappa shape index (κ1) is 27.8. The maximum atomic E-state index is 10.6. The maximum Gasteiger partial charge on any atom is 0.320 e. The molecule has 25 heavy (non-hydrogen) atoms. The third-order valence-corrected chi connectivity index (χ3v) is 3.01. The maximum absolute atomic E-state index is 10.6. The molecule has 0 heterocycles. The lowest BCUT2D eigenvalue weighted by atomic mass is 10.1. The van der Waals surface area contributed by atoms with Crippen molar-refractivity contribution >= 4 is 17.6 Å². The van der Waals surface area contributed by atoms with Gasteiger partial charge in [-0.3, -0.25) is 9.59 Å². The van der Waals surface area contributed by atoms with E-state index in [1.54, 1.807) is 0 Å². The van der Waals surface area contributed by atoms with Gasteiger partial charge in [-0.2, -0.15) is 0 Å². The molecule has 1 aromatic carbocycles. The molecule has 1 amide bonds. The SMILES string of the molecule is CC.CC.CNC(=O)CC[C@H](N)C(=O)O.CNc1c(C)cccc1C. The van der Waals surface area contributed by atoms with Crippen molar-refractivity contribution in [3.63, 3.8) is 0 Å². The van der Waals surface area contributed by atoms with Crippen molar-refractivity contribution in [1.29, 1.82) is 0 Å². The Morgan fingerprint density at radius 2 is 1.52 bits per heavy atom. The number of aryl methyl sites for hydroxylation is 2. The molecule has 1 aromatic rings. The Kier molecular flexibility index (Phi) is 20.3. The third kappa shape index (κ3) is 14.0. The van der Waals surface area contributed by atoms with Crippen LogP contribution in [-0.4, -0.2) is 37.1 Å². The summed E-state index contributed by atoms with van der Waals surface area (Å²) in [6, 6.07) is 5.36. The van der Waals surface area contributed by atoms with Gasteiger partial charge in [0.1, 0.15) is 6.04 Å². The molecule has 1 atom stereocenters. The Morgan fingerprint density at radius 1 is 1.08 bits per heavy atom. The van der Waals surface area contributed by atoms with Gasteiger partial charge in [-0.25, -0.2) is 0 Å². The average molecular weight is 356 g/mol. The van der Waals surface area contributed by atoms with Crippen molar-refractivity contribution < 1.29 is 14.7 Å². The standard InChI is InChI=1S/C9H13N.C6H12N2O3.2C2H6/c1-7-5-4-6-8(2)9(7)10-3;1-8-5(9)3-2-4(7)6(10)11;2*1-2/h4-6,10H,1-3H3;4H,2-3,7H2,1H3,(H,8,9)(H,10,11);2*1-2H3/t;4-;;/m.0../s1. The molecule has 5 N–H and O–H groups in total. The first-order valence-electron chi connectivity index (χ1n) is 8.76. The van der Waals surface area contributed by atoms with Crippen LogP contribution < -0.4 is 16.4 Å². The molecule has 146 valence electrons. The van der Waals surface area contributed by atoms with E-state index >= 15 is 0 Å². The Labute approximate surface area is 153 Å². The van der Waals surface area contributed by atoms with E-state index in [0.717, 1.165) is 0 Å². The number of rotatable bonds is 5. The molecular weight excluding hydrogens is 318 g/mol. The summed E-state index contributed by atoms with van der Waals surface area (Å²) in [5, 5.41) is 13.8. The Morgan fingerprint density at radius 3 is 1.80 bits per heavy atom. The fourth-order valence-corrected chi connectivity index (χ4v) is 1.74. The highest BCUT2D eigenvalue weighted by Gasteiger charge is 2.12. The van der Waals surface area contributed by atoms with Gasteiger partial charge in [0.2, 0.25) is 5.91 Å². The lowest BCUT2D eigenvalue weighted by molar-refractivity contribution is -0.138. The molecule has 0 saturated carbocycles. The van der Waals surface area contributed by atoms with E-state index in [0.29, 0.717) is 0 Å². The fraction of sp³-hybridized carbons (Fsp3) is 0.579. The molecule has 6 nitrogen and oxygen atoms in total. The topological polar surface area (TPSA) is 104 Å². The Hall–Kier alpha value is -2.08. The van der Waals surface area contributed by atoms with Gasteiger partial charge in [0.15, 0.2) is 0 Å². The molecule has 0 bridgehead atoms. The zero-order valence-electron chi connectivity index (χ0n) is 17.1. The summed E-state index contributed by atoms with van der Waals surface area (Å²) in [5.41, 5.74) is 9.01. The van der Waals surface area contributed by atoms with Gasteiger partial charge < -0.3 is 21.5 Å². The summed E-state index contributed by atoms with van der Waals surface area (Å²) < 4.78 is 0. The summed E-state index contributed by atoms with van der Waals surface area (Å²) >= 11 is 0. The number of anilines is 1. The minimum Gasteiger partial charge on any atom is -0.480 e. The second kappa shape index (κ2) is 18.3. The molecule has 0 aliphatic heterocycles. The number of para-hydroxylation sites is 1. The number of nitrogens with one attached hydrogen (secondary N) is 2. The van der Waals surface area contributed by atoms with Crippen molar-refractivity contribution in [3.8, 4) is 0 Å². The molecule has 0 fully saturated rings. The van der Waals surface area contributed by atoms with Gasteiger partial charge in [0.25, 0.3) is 0 Å². The first-order chi connectivity index (χ1) is 11.8. The van der Waals surface area contributed by atoms with Crippen LogP contribution in [0.3, 0.4) is 0 Å². The van der Waals surface area contributed by atoms with Gasteiger partial charge in [-0.1, -0.05) is 45.9 Å². The van der Waals surface area contributed by atoms with E-state index < -0.39 is 12.0 Å². The van der Waals surface area contributed by atoms with Crippen molar-refractivity contribution in [2.75, 3.05) is 19.4 Å². The van der Waals surface area contributed by atoms with Crippen LogP contribution in [0, 0.1) is 13.8 Å². The molecule has 0 aromatic heterocycles. The van der Waals surface area contributed by atoms with Crippen molar-refractivity contribution in [2.45, 2.75) is 60.4 Å². The number of amides is 1. The van der Waals surface area contributed by atoms with Gasteiger partial charge in [0, 0.05) is 26.2 Å². The van der Waals surface area contributed by atoms with Crippen LogP contribution in [0.25, 0.3) is 0 Å². The van der Waals surface area contributed by atoms with Crippen LogP contribution >= 0.6 is 0 Å². The third-order valence-electron chi connectivity index (χ3n) is 3.01. The van der Waals surface area contributed by atoms with Crippen LogP contribution in [0.4, 0.5) is 5.69 Å². The van der Waals surface area contributed by atoms with Gasteiger partial charge in [-0.15, -0.1) is 0 Å².